The van der Waals surface area contributed by atoms with E-state index in [1.807, 2.05) is 27.7 Å². The molecule has 0 aliphatic carbocycles. The first-order chi connectivity index (χ1) is 8.41. The topological polar surface area (TPSA) is 52.7 Å². The van der Waals surface area contributed by atoms with Gasteiger partial charge in [0.05, 0.1) is 0 Å². The molecule has 5 nitrogen and oxygen atoms in total. The summed E-state index contributed by atoms with van der Waals surface area (Å²) < 4.78 is 28.4. The van der Waals surface area contributed by atoms with E-state index in [4.69, 9.17) is 0 Å². The second kappa shape index (κ2) is 6.84. The lowest BCUT2D eigenvalue weighted by Crippen LogP contribution is -2.58. The van der Waals surface area contributed by atoms with E-state index < -0.39 is 10.2 Å². The van der Waals surface area contributed by atoms with Crippen molar-refractivity contribution in [2.75, 3.05) is 26.2 Å². The summed E-state index contributed by atoms with van der Waals surface area (Å²) in [5.74, 6) is 0. The summed E-state index contributed by atoms with van der Waals surface area (Å²) in [4.78, 5) is 0. The molecule has 0 aromatic heterocycles. The van der Waals surface area contributed by atoms with Gasteiger partial charge in [-0.05, 0) is 26.7 Å². The highest BCUT2D eigenvalue weighted by atomic mass is 32.2. The average Bonchev–Trinajstić information content (AvgIpc) is 2.27. The molecule has 1 N–H and O–H groups in total. The SMILES string of the molecule is CCCN(CCC)S(=O)(=O)N1CC(C)NC(C)C1. The molecule has 1 fully saturated rings. The van der Waals surface area contributed by atoms with Gasteiger partial charge in [-0.1, -0.05) is 13.8 Å². The van der Waals surface area contributed by atoms with E-state index in [-0.39, 0.29) is 12.1 Å². The molecule has 6 heteroatoms. The Morgan fingerprint density at radius 3 is 1.94 bits per heavy atom. The van der Waals surface area contributed by atoms with Gasteiger partial charge in [-0.3, -0.25) is 0 Å². The summed E-state index contributed by atoms with van der Waals surface area (Å²) in [6, 6.07) is 0.433. The van der Waals surface area contributed by atoms with Gasteiger partial charge in [0.25, 0.3) is 10.2 Å². The van der Waals surface area contributed by atoms with Crippen molar-refractivity contribution in [1.29, 1.82) is 0 Å². The van der Waals surface area contributed by atoms with Crippen molar-refractivity contribution < 1.29 is 8.42 Å². The summed E-state index contributed by atoms with van der Waals surface area (Å²) in [6.45, 7) is 10.5. The molecule has 2 unspecified atom stereocenters. The molecule has 0 spiro atoms. The van der Waals surface area contributed by atoms with Crippen LogP contribution in [0.4, 0.5) is 0 Å². The van der Waals surface area contributed by atoms with Crippen molar-refractivity contribution in [2.45, 2.75) is 52.6 Å². The molecule has 18 heavy (non-hydrogen) atoms. The van der Waals surface area contributed by atoms with Crippen LogP contribution in [0.5, 0.6) is 0 Å². The molecule has 1 saturated heterocycles. The summed E-state index contributed by atoms with van der Waals surface area (Å²) >= 11 is 0. The zero-order valence-corrected chi connectivity index (χ0v) is 12.8. The van der Waals surface area contributed by atoms with E-state index in [2.05, 4.69) is 5.32 Å². The van der Waals surface area contributed by atoms with E-state index >= 15 is 0 Å². The van der Waals surface area contributed by atoms with E-state index in [0.717, 1.165) is 12.8 Å². The molecule has 1 aliphatic heterocycles. The van der Waals surface area contributed by atoms with E-state index in [0.29, 0.717) is 26.2 Å². The highest BCUT2D eigenvalue weighted by Crippen LogP contribution is 2.14. The van der Waals surface area contributed by atoms with Crippen LogP contribution in [0.1, 0.15) is 40.5 Å². The Balaban J connectivity index is 2.82. The maximum absolute atomic E-state index is 12.6. The number of rotatable bonds is 6. The molecule has 0 aromatic rings. The second-order valence-corrected chi connectivity index (χ2v) is 7.12. The lowest BCUT2D eigenvalue weighted by Gasteiger charge is -2.38. The standard InChI is InChI=1S/C12H27N3O2S/c1-5-7-14(8-6-2)18(16,17)15-9-11(3)13-12(4)10-15/h11-13H,5-10H2,1-4H3. The largest absolute Gasteiger partial charge is 0.309 e. The molecule has 108 valence electrons. The summed E-state index contributed by atoms with van der Waals surface area (Å²) in [5.41, 5.74) is 0. The van der Waals surface area contributed by atoms with Crippen molar-refractivity contribution in [1.82, 2.24) is 13.9 Å². The summed E-state index contributed by atoms with van der Waals surface area (Å²) in [6.07, 6.45) is 1.72. The molecule has 1 aliphatic rings. The first-order valence-corrected chi connectivity index (χ1v) is 8.32. The molecular weight excluding hydrogens is 250 g/mol. The zero-order chi connectivity index (χ0) is 13.8. The zero-order valence-electron chi connectivity index (χ0n) is 12.0. The number of hydrogen-bond acceptors (Lipinski definition) is 3. The first-order valence-electron chi connectivity index (χ1n) is 6.93. The monoisotopic (exact) mass is 277 g/mol. The third-order valence-corrected chi connectivity index (χ3v) is 5.09. The fraction of sp³-hybridized carbons (Fsp3) is 1.00. The Morgan fingerprint density at radius 1 is 1.11 bits per heavy atom. The smallest absolute Gasteiger partial charge is 0.282 e. The summed E-state index contributed by atoms with van der Waals surface area (Å²) in [7, 11) is -3.29. The first kappa shape index (κ1) is 15.9. The maximum atomic E-state index is 12.6. The predicted octanol–water partition coefficient (Wildman–Crippen LogP) is 1.04. The highest BCUT2D eigenvalue weighted by molar-refractivity contribution is 7.86. The third-order valence-electron chi connectivity index (χ3n) is 3.12. The number of nitrogens with zero attached hydrogens (tertiary/aromatic N) is 2. The molecule has 0 saturated carbocycles. The van der Waals surface area contributed by atoms with Crippen LogP contribution in [0.2, 0.25) is 0 Å². The molecule has 2 atom stereocenters. The van der Waals surface area contributed by atoms with E-state index in [9.17, 15) is 8.42 Å². The van der Waals surface area contributed by atoms with Gasteiger partial charge < -0.3 is 5.32 Å². The maximum Gasteiger partial charge on any atom is 0.282 e. The molecule has 0 amide bonds. The van der Waals surface area contributed by atoms with Crippen LogP contribution in [-0.2, 0) is 10.2 Å². The minimum absolute atomic E-state index is 0.216. The number of piperazine rings is 1. The predicted molar refractivity (Wildman–Crippen MR) is 74.7 cm³/mol. The quantitative estimate of drug-likeness (QED) is 0.789. The van der Waals surface area contributed by atoms with Crippen LogP contribution in [0.3, 0.4) is 0 Å². The van der Waals surface area contributed by atoms with Crippen molar-refractivity contribution >= 4 is 10.2 Å². The number of hydrogen-bond donors (Lipinski definition) is 1. The Bertz CT molecular complexity index is 329. The Morgan fingerprint density at radius 2 is 1.56 bits per heavy atom. The van der Waals surface area contributed by atoms with E-state index in [1.54, 1.807) is 8.61 Å². The van der Waals surface area contributed by atoms with E-state index in [1.165, 1.54) is 0 Å². The van der Waals surface area contributed by atoms with Crippen molar-refractivity contribution in [3.05, 3.63) is 0 Å². The van der Waals surface area contributed by atoms with Crippen LogP contribution in [0.15, 0.2) is 0 Å². The lowest BCUT2D eigenvalue weighted by molar-refractivity contribution is 0.243. The summed E-state index contributed by atoms with van der Waals surface area (Å²) in [5, 5.41) is 3.36. The van der Waals surface area contributed by atoms with Crippen molar-refractivity contribution in [3.63, 3.8) is 0 Å². The molecule has 1 rings (SSSR count). The van der Waals surface area contributed by atoms with Crippen LogP contribution in [0, 0.1) is 0 Å². The fourth-order valence-electron chi connectivity index (χ4n) is 2.47. The van der Waals surface area contributed by atoms with Crippen molar-refractivity contribution in [2.24, 2.45) is 0 Å². The van der Waals surface area contributed by atoms with Crippen molar-refractivity contribution in [3.8, 4) is 0 Å². The molecule has 0 aromatic carbocycles. The Labute approximate surface area is 112 Å². The van der Waals surface area contributed by atoms with Crippen LogP contribution in [-0.4, -0.2) is 55.3 Å². The average molecular weight is 277 g/mol. The third kappa shape index (κ3) is 3.91. The highest BCUT2D eigenvalue weighted by Gasteiger charge is 2.33. The Kier molecular flexibility index (Phi) is 6.04. The molecule has 1 heterocycles. The minimum atomic E-state index is -3.29. The molecule has 0 bridgehead atoms. The van der Waals surface area contributed by atoms with Gasteiger partial charge in [0.15, 0.2) is 0 Å². The van der Waals surface area contributed by atoms with Gasteiger partial charge in [-0.25, -0.2) is 0 Å². The molecule has 0 radical (unpaired) electrons. The van der Waals surface area contributed by atoms with Gasteiger partial charge in [-0.2, -0.15) is 17.0 Å². The van der Waals surface area contributed by atoms with Gasteiger partial charge in [0, 0.05) is 38.3 Å². The number of nitrogens with one attached hydrogen (secondary N) is 1. The second-order valence-electron chi connectivity index (χ2n) is 5.19. The minimum Gasteiger partial charge on any atom is -0.309 e. The van der Waals surface area contributed by atoms with Gasteiger partial charge in [0.1, 0.15) is 0 Å². The van der Waals surface area contributed by atoms with Crippen LogP contribution >= 0.6 is 0 Å². The fourth-order valence-corrected chi connectivity index (χ4v) is 4.45. The normalized spacial score (nSPS) is 26.7. The molecular formula is C12H27N3O2S. The Hall–Kier alpha value is -0.170. The van der Waals surface area contributed by atoms with Gasteiger partial charge in [0.2, 0.25) is 0 Å². The van der Waals surface area contributed by atoms with Gasteiger partial charge >= 0.3 is 0 Å². The van der Waals surface area contributed by atoms with Crippen LogP contribution < -0.4 is 5.32 Å². The lowest BCUT2D eigenvalue weighted by atomic mass is 10.2. The van der Waals surface area contributed by atoms with Crippen LogP contribution in [0.25, 0.3) is 0 Å². The van der Waals surface area contributed by atoms with Gasteiger partial charge in [-0.15, -0.1) is 0 Å².